The fraction of sp³-hybridized carbons (Fsp3) is 0.611. The second-order valence-electron chi connectivity index (χ2n) is 6.43. The summed E-state index contributed by atoms with van der Waals surface area (Å²) >= 11 is 0. The number of hydrogen-bond donors (Lipinski definition) is 2. The lowest BCUT2D eigenvalue weighted by molar-refractivity contribution is 0.0572. The molecule has 2 N–H and O–H groups in total. The molecule has 6 heteroatoms. The predicted octanol–water partition coefficient (Wildman–Crippen LogP) is 2.54. The standard InChI is InChI=1S/C18H28FN3O2/c1-4-20-17(21-13-18(23)9-5-6-10-18)22(2)12-14-7-8-16(24-3)15(19)11-14/h7-8,11,23H,4-6,9-10,12-13H2,1-3H3,(H,20,21). The molecule has 2 rings (SSSR count). The van der Waals surface area contributed by atoms with Crippen LogP contribution in [0.1, 0.15) is 38.2 Å². The number of guanidine groups is 1. The van der Waals surface area contributed by atoms with Gasteiger partial charge in [0.15, 0.2) is 17.5 Å². The van der Waals surface area contributed by atoms with Gasteiger partial charge in [-0.1, -0.05) is 18.9 Å². The molecule has 0 aromatic heterocycles. The molecule has 134 valence electrons. The Morgan fingerprint density at radius 3 is 2.71 bits per heavy atom. The molecule has 0 radical (unpaired) electrons. The molecule has 0 atom stereocenters. The molecule has 0 bridgehead atoms. The van der Waals surface area contributed by atoms with Gasteiger partial charge >= 0.3 is 0 Å². The average Bonchev–Trinajstić information content (AvgIpc) is 2.98. The number of benzene rings is 1. The Balaban J connectivity index is 2.05. The topological polar surface area (TPSA) is 57.1 Å². The molecule has 0 spiro atoms. The van der Waals surface area contributed by atoms with E-state index in [0.717, 1.165) is 37.8 Å². The van der Waals surface area contributed by atoms with E-state index in [1.165, 1.54) is 13.2 Å². The maximum absolute atomic E-state index is 13.8. The van der Waals surface area contributed by atoms with E-state index in [-0.39, 0.29) is 11.6 Å². The van der Waals surface area contributed by atoms with E-state index in [1.807, 2.05) is 24.9 Å². The maximum Gasteiger partial charge on any atom is 0.194 e. The summed E-state index contributed by atoms with van der Waals surface area (Å²) in [6.45, 7) is 3.65. The minimum atomic E-state index is -0.673. The molecule has 0 amide bonds. The Hall–Kier alpha value is -1.82. The first kappa shape index (κ1) is 18.5. The molecule has 1 aromatic rings. The normalized spacial score (nSPS) is 17.0. The van der Waals surface area contributed by atoms with Crippen molar-refractivity contribution in [3.05, 3.63) is 29.6 Å². The van der Waals surface area contributed by atoms with Gasteiger partial charge in [-0.05, 0) is 37.5 Å². The first-order chi connectivity index (χ1) is 11.5. The van der Waals surface area contributed by atoms with Crippen LogP contribution in [-0.2, 0) is 6.54 Å². The van der Waals surface area contributed by atoms with Crippen molar-refractivity contribution >= 4 is 5.96 Å². The van der Waals surface area contributed by atoms with Crippen molar-refractivity contribution in [2.45, 2.75) is 44.8 Å². The highest BCUT2D eigenvalue weighted by molar-refractivity contribution is 5.79. The smallest absolute Gasteiger partial charge is 0.194 e. The van der Waals surface area contributed by atoms with Crippen molar-refractivity contribution in [2.24, 2.45) is 4.99 Å². The van der Waals surface area contributed by atoms with Gasteiger partial charge in [0.1, 0.15) is 0 Å². The van der Waals surface area contributed by atoms with E-state index in [9.17, 15) is 9.50 Å². The fourth-order valence-corrected chi connectivity index (χ4v) is 3.04. The number of nitrogens with one attached hydrogen (secondary N) is 1. The van der Waals surface area contributed by atoms with Gasteiger partial charge in [0.25, 0.3) is 0 Å². The van der Waals surface area contributed by atoms with Crippen LogP contribution in [0.4, 0.5) is 4.39 Å². The van der Waals surface area contributed by atoms with Crippen molar-refractivity contribution in [3.8, 4) is 5.75 Å². The maximum atomic E-state index is 13.8. The highest BCUT2D eigenvalue weighted by atomic mass is 19.1. The Morgan fingerprint density at radius 2 is 2.12 bits per heavy atom. The van der Waals surface area contributed by atoms with Crippen LogP contribution in [0.25, 0.3) is 0 Å². The van der Waals surface area contributed by atoms with Crippen LogP contribution in [0.15, 0.2) is 23.2 Å². The average molecular weight is 337 g/mol. The fourth-order valence-electron chi connectivity index (χ4n) is 3.04. The minimum Gasteiger partial charge on any atom is -0.494 e. The van der Waals surface area contributed by atoms with Crippen molar-refractivity contribution in [3.63, 3.8) is 0 Å². The van der Waals surface area contributed by atoms with Gasteiger partial charge in [-0.2, -0.15) is 0 Å². The monoisotopic (exact) mass is 337 g/mol. The molecule has 0 heterocycles. The zero-order chi connectivity index (χ0) is 17.6. The summed E-state index contributed by atoms with van der Waals surface area (Å²) < 4.78 is 18.8. The van der Waals surface area contributed by atoms with Crippen molar-refractivity contribution < 1.29 is 14.2 Å². The number of methoxy groups -OCH3 is 1. The van der Waals surface area contributed by atoms with Crippen molar-refractivity contribution in [1.82, 2.24) is 10.2 Å². The van der Waals surface area contributed by atoms with Gasteiger partial charge in [0.2, 0.25) is 0 Å². The molecular weight excluding hydrogens is 309 g/mol. The quantitative estimate of drug-likeness (QED) is 0.619. The molecule has 0 unspecified atom stereocenters. The van der Waals surface area contributed by atoms with Gasteiger partial charge in [0.05, 0.1) is 19.3 Å². The van der Waals surface area contributed by atoms with Crippen LogP contribution in [-0.4, -0.2) is 48.8 Å². The van der Waals surface area contributed by atoms with E-state index < -0.39 is 5.60 Å². The number of aliphatic imine (C=N–C) groups is 1. The largest absolute Gasteiger partial charge is 0.494 e. The van der Waals surface area contributed by atoms with Crippen LogP contribution in [0.3, 0.4) is 0 Å². The Bertz CT molecular complexity index is 571. The first-order valence-corrected chi connectivity index (χ1v) is 8.51. The summed E-state index contributed by atoms with van der Waals surface area (Å²) in [6.07, 6.45) is 3.74. The zero-order valence-electron chi connectivity index (χ0n) is 14.8. The van der Waals surface area contributed by atoms with Gasteiger partial charge in [-0.25, -0.2) is 4.39 Å². The highest BCUT2D eigenvalue weighted by Crippen LogP contribution is 2.29. The Morgan fingerprint density at radius 1 is 1.42 bits per heavy atom. The van der Waals surface area contributed by atoms with Crippen molar-refractivity contribution in [2.75, 3.05) is 27.2 Å². The number of hydrogen-bond acceptors (Lipinski definition) is 3. The third-order valence-electron chi connectivity index (χ3n) is 4.39. The van der Waals surface area contributed by atoms with Gasteiger partial charge in [-0.3, -0.25) is 4.99 Å². The SMILES string of the molecule is CCNC(=NCC1(O)CCCC1)N(C)Cc1ccc(OC)c(F)c1. The lowest BCUT2D eigenvalue weighted by Gasteiger charge is -2.25. The summed E-state index contributed by atoms with van der Waals surface area (Å²) in [5.41, 5.74) is 0.161. The molecule has 0 saturated heterocycles. The van der Waals surface area contributed by atoms with E-state index in [4.69, 9.17) is 4.74 Å². The van der Waals surface area contributed by atoms with E-state index >= 15 is 0 Å². The molecule has 1 fully saturated rings. The first-order valence-electron chi connectivity index (χ1n) is 8.51. The summed E-state index contributed by atoms with van der Waals surface area (Å²) in [5, 5.41) is 13.7. The minimum absolute atomic E-state index is 0.241. The van der Waals surface area contributed by atoms with Crippen LogP contribution in [0.2, 0.25) is 0 Å². The zero-order valence-corrected chi connectivity index (χ0v) is 14.8. The molecule has 0 aliphatic heterocycles. The molecule has 1 aliphatic carbocycles. The third kappa shape index (κ3) is 4.84. The van der Waals surface area contributed by atoms with Gasteiger partial charge in [-0.15, -0.1) is 0 Å². The van der Waals surface area contributed by atoms with Crippen LogP contribution >= 0.6 is 0 Å². The third-order valence-corrected chi connectivity index (χ3v) is 4.39. The summed E-state index contributed by atoms with van der Waals surface area (Å²) in [6, 6.07) is 4.94. The lowest BCUT2D eigenvalue weighted by Crippen LogP contribution is -2.40. The number of ether oxygens (including phenoxy) is 1. The van der Waals surface area contributed by atoms with Crippen molar-refractivity contribution in [1.29, 1.82) is 0 Å². The van der Waals surface area contributed by atoms with Crippen LogP contribution < -0.4 is 10.1 Å². The second-order valence-corrected chi connectivity index (χ2v) is 6.43. The number of nitrogens with zero attached hydrogens (tertiary/aromatic N) is 2. The molecule has 1 aliphatic rings. The van der Waals surface area contributed by atoms with E-state index in [1.54, 1.807) is 6.07 Å². The Kier molecular flexibility index (Phi) is 6.43. The van der Waals surface area contributed by atoms with E-state index in [0.29, 0.717) is 19.0 Å². The summed E-state index contributed by atoms with van der Waals surface area (Å²) in [5.74, 6) is 0.588. The predicted molar refractivity (Wildman–Crippen MR) is 93.8 cm³/mol. The van der Waals surface area contributed by atoms with Crippen LogP contribution in [0, 0.1) is 5.82 Å². The summed E-state index contributed by atoms with van der Waals surface area (Å²) in [4.78, 5) is 6.52. The molecule has 1 saturated carbocycles. The molecule has 24 heavy (non-hydrogen) atoms. The summed E-state index contributed by atoms with van der Waals surface area (Å²) in [7, 11) is 3.36. The highest BCUT2D eigenvalue weighted by Gasteiger charge is 2.30. The van der Waals surface area contributed by atoms with Gasteiger partial charge < -0.3 is 20.1 Å². The second kappa shape index (κ2) is 8.33. The molecule has 5 nitrogen and oxygen atoms in total. The van der Waals surface area contributed by atoms with Crippen LogP contribution in [0.5, 0.6) is 5.75 Å². The lowest BCUT2D eigenvalue weighted by atomic mass is 10.0. The Labute approximate surface area is 143 Å². The molecular formula is C18H28FN3O2. The number of halogens is 1. The van der Waals surface area contributed by atoms with E-state index in [2.05, 4.69) is 10.3 Å². The number of rotatable bonds is 6. The van der Waals surface area contributed by atoms with Gasteiger partial charge in [0, 0.05) is 20.1 Å². The number of aliphatic hydroxyl groups is 1. The molecule has 1 aromatic carbocycles.